The molecular formula is C16H20FNO3. The summed E-state index contributed by atoms with van der Waals surface area (Å²) < 4.78 is 24.8. The van der Waals surface area contributed by atoms with E-state index in [-0.39, 0.29) is 24.1 Å². The van der Waals surface area contributed by atoms with Crippen molar-refractivity contribution in [2.75, 3.05) is 19.8 Å². The zero-order chi connectivity index (χ0) is 14.8. The Morgan fingerprint density at radius 3 is 2.76 bits per heavy atom. The first-order valence-corrected chi connectivity index (χ1v) is 7.47. The van der Waals surface area contributed by atoms with Gasteiger partial charge in [-0.05, 0) is 43.9 Å². The summed E-state index contributed by atoms with van der Waals surface area (Å²) in [6, 6.07) is 4.57. The highest BCUT2D eigenvalue weighted by Gasteiger charge is 2.36. The van der Waals surface area contributed by atoms with E-state index in [1.807, 2.05) is 0 Å². The number of rotatable bonds is 2. The topological polar surface area (TPSA) is 38.8 Å². The molecule has 1 amide bonds. The summed E-state index contributed by atoms with van der Waals surface area (Å²) in [6.45, 7) is 3.50. The van der Waals surface area contributed by atoms with E-state index in [9.17, 15) is 9.18 Å². The van der Waals surface area contributed by atoms with Crippen LogP contribution in [-0.4, -0.2) is 42.9 Å². The van der Waals surface area contributed by atoms with Gasteiger partial charge < -0.3 is 14.4 Å². The molecule has 0 spiro atoms. The standard InChI is InChI=1S/C16H20FNO3/c1-11-5-6-12(10-13(11)17)15(19)18-7-3-2-4-14(18)16-20-8-9-21-16/h5-6,10,14,16H,2-4,7-9H2,1H3/t14-/m1/s1. The molecule has 0 saturated carbocycles. The molecule has 114 valence electrons. The number of piperidine rings is 1. The lowest BCUT2D eigenvalue weighted by molar-refractivity contribution is -0.100. The van der Waals surface area contributed by atoms with Gasteiger partial charge in [0.15, 0.2) is 6.29 Å². The molecule has 0 N–H and O–H groups in total. The van der Waals surface area contributed by atoms with Crippen LogP contribution in [0.2, 0.25) is 0 Å². The van der Waals surface area contributed by atoms with Crippen molar-refractivity contribution < 1.29 is 18.7 Å². The SMILES string of the molecule is Cc1ccc(C(=O)N2CCCC[C@@H]2C2OCCO2)cc1F. The van der Waals surface area contributed by atoms with Gasteiger partial charge in [0.1, 0.15) is 5.82 Å². The number of likely N-dealkylation sites (tertiary alicyclic amines) is 1. The van der Waals surface area contributed by atoms with Crippen LogP contribution >= 0.6 is 0 Å². The third-order valence-electron chi connectivity index (χ3n) is 4.19. The smallest absolute Gasteiger partial charge is 0.254 e. The molecule has 0 aliphatic carbocycles. The Morgan fingerprint density at radius 2 is 2.05 bits per heavy atom. The summed E-state index contributed by atoms with van der Waals surface area (Å²) in [5.74, 6) is -0.486. The first-order chi connectivity index (χ1) is 10.2. The summed E-state index contributed by atoms with van der Waals surface area (Å²) in [4.78, 5) is 14.5. The Labute approximate surface area is 123 Å². The molecule has 1 aromatic carbocycles. The maximum absolute atomic E-state index is 13.7. The zero-order valence-electron chi connectivity index (χ0n) is 12.2. The van der Waals surface area contributed by atoms with Crippen LogP contribution in [0.3, 0.4) is 0 Å². The molecule has 5 heteroatoms. The van der Waals surface area contributed by atoms with Crippen LogP contribution in [0.1, 0.15) is 35.2 Å². The van der Waals surface area contributed by atoms with Gasteiger partial charge in [-0.2, -0.15) is 0 Å². The molecule has 1 atom stereocenters. The molecule has 1 aromatic rings. The number of ether oxygens (including phenoxy) is 2. The molecule has 0 radical (unpaired) electrons. The summed E-state index contributed by atoms with van der Waals surface area (Å²) in [5.41, 5.74) is 0.937. The van der Waals surface area contributed by atoms with Crippen molar-refractivity contribution in [1.82, 2.24) is 4.90 Å². The monoisotopic (exact) mass is 293 g/mol. The minimum Gasteiger partial charge on any atom is -0.348 e. The maximum atomic E-state index is 13.7. The first-order valence-electron chi connectivity index (χ1n) is 7.47. The summed E-state index contributed by atoms with van der Waals surface area (Å²) in [7, 11) is 0. The van der Waals surface area contributed by atoms with Crippen LogP contribution in [0.15, 0.2) is 18.2 Å². The number of hydrogen-bond donors (Lipinski definition) is 0. The predicted octanol–water partition coefficient (Wildman–Crippen LogP) is 2.50. The minimum absolute atomic E-state index is 0.0712. The molecule has 2 heterocycles. The van der Waals surface area contributed by atoms with E-state index in [0.29, 0.717) is 30.9 Å². The summed E-state index contributed by atoms with van der Waals surface area (Å²) in [6.07, 6.45) is 2.54. The van der Waals surface area contributed by atoms with Gasteiger partial charge in [0, 0.05) is 12.1 Å². The van der Waals surface area contributed by atoms with E-state index in [4.69, 9.17) is 9.47 Å². The molecule has 3 rings (SSSR count). The second-order valence-electron chi connectivity index (χ2n) is 5.64. The van der Waals surface area contributed by atoms with Crippen molar-refractivity contribution in [1.29, 1.82) is 0 Å². The Balaban J connectivity index is 1.81. The fourth-order valence-corrected chi connectivity index (χ4v) is 2.98. The Hall–Kier alpha value is -1.46. The van der Waals surface area contributed by atoms with Crippen molar-refractivity contribution in [2.24, 2.45) is 0 Å². The van der Waals surface area contributed by atoms with Gasteiger partial charge in [-0.1, -0.05) is 6.07 Å². The normalized spacial score (nSPS) is 23.5. The van der Waals surface area contributed by atoms with Gasteiger partial charge in [-0.15, -0.1) is 0 Å². The zero-order valence-corrected chi connectivity index (χ0v) is 12.2. The largest absolute Gasteiger partial charge is 0.348 e. The van der Waals surface area contributed by atoms with E-state index in [0.717, 1.165) is 19.3 Å². The van der Waals surface area contributed by atoms with Gasteiger partial charge in [-0.25, -0.2) is 4.39 Å². The summed E-state index contributed by atoms with van der Waals surface area (Å²) >= 11 is 0. The number of carbonyl (C=O) groups is 1. The fraction of sp³-hybridized carbons (Fsp3) is 0.562. The molecule has 0 unspecified atom stereocenters. The number of halogens is 1. The van der Waals surface area contributed by atoms with E-state index < -0.39 is 0 Å². The van der Waals surface area contributed by atoms with Gasteiger partial charge in [0.05, 0.1) is 19.3 Å². The van der Waals surface area contributed by atoms with Crippen LogP contribution < -0.4 is 0 Å². The van der Waals surface area contributed by atoms with Crippen molar-refractivity contribution in [3.63, 3.8) is 0 Å². The van der Waals surface area contributed by atoms with Crippen molar-refractivity contribution in [3.8, 4) is 0 Å². The van der Waals surface area contributed by atoms with Crippen molar-refractivity contribution in [3.05, 3.63) is 35.1 Å². The number of benzene rings is 1. The molecule has 0 aromatic heterocycles. The summed E-state index contributed by atoms with van der Waals surface area (Å²) in [5, 5.41) is 0. The maximum Gasteiger partial charge on any atom is 0.254 e. The molecule has 4 nitrogen and oxygen atoms in total. The molecule has 2 fully saturated rings. The second-order valence-corrected chi connectivity index (χ2v) is 5.64. The fourth-order valence-electron chi connectivity index (χ4n) is 2.98. The van der Waals surface area contributed by atoms with E-state index in [1.165, 1.54) is 6.07 Å². The second kappa shape index (κ2) is 6.12. The van der Waals surface area contributed by atoms with Gasteiger partial charge in [0.2, 0.25) is 0 Å². The number of amides is 1. The number of nitrogens with zero attached hydrogens (tertiary/aromatic N) is 1. The van der Waals surface area contributed by atoms with Crippen LogP contribution in [0.5, 0.6) is 0 Å². The third kappa shape index (κ3) is 2.94. The van der Waals surface area contributed by atoms with E-state index in [1.54, 1.807) is 24.0 Å². The first kappa shape index (κ1) is 14.5. The number of aryl methyl sites for hydroxylation is 1. The lowest BCUT2D eigenvalue weighted by Crippen LogP contribution is -2.50. The lowest BCUT2D eigenvalue weighted by atomic mass is 10.00. The number of carbonyl (C=O) groups excluding carboxylic acids is 1. The molecular weight excluding hydrogens is 273 g/mol. The van der Waals surface area contributed by atoms with Crippen molar-refractivity contribution in [2.45, 2.75) is 38.5 Å². The quantitative estimate of drug-likeness (QED) is 0.841. The van der Waals surface area contributed by atoms with E-state index >= 15 is 0 Å². The minimum atomic E-state index is -0.345. The third-order valence-corrected chi connectivity index (χ3v) is 4.19. The predicted molar refractivity (Wildman–Crippen MR) is 75.5 cm³/mol. The van der Waals surface area contributed by atoms with Crippen LogP contribution in [0, 0.1) is 12.7 Å². The lowest BCUT2D eigenvalue weighted by Gasteiger charge is -2.38. The highest BCUT2D eigenvalue weighted by atomic mass is 19.1. The van der Waals surface area contributed by atoms with Gasteiger partial charge in [0.25, 0.3) is 5.91 Å². The average molecular weight is 293 g/mol. The van der Waals surface area contributed by atoms with Crippen LogP contribution in [0.4, 0.5) is 4.39 Å². The molecule has 21 heavy (non-hydrogen) atoms. The highest BCUT2D eigenvalue weighted by Crippen LogP contribution is 2.26. The average Bonchev–Trinajstić information content (AvgIpc) is 3.03. The Kier molecular flexibility index (Phi) is 4.22. The highest BCUT2D eigenvalue weighted by molar-refractivity contribution is 5.94. The molecule has 2 aliphatic heterocycles. The van der Waals surface area contributed by atoms with Crippen molar-refractivity contribution >= 4 is 5.91 Å². The van der Waals surface area contributed by atoms with E-state index in [2.05, 4.69) is 0 Å². The van der Waals surface area contributed by atoms with Crippen LogP contribution in [-0.2, 0) is 9.47 Å². The van der Waals surface area contributed by atoms with Gasteiger partial charge >= 0.3 is 0 Å². The molecule has 2 aliphatic rings. The number of hydrogen-bond acceptors (Lipinski definition) is 3. The molecule has 2 saturated heterocycles. The molecule has 0 bridgehead atoms. The Bertz CT molecular complexity index is 528. The Morgan fingerprint density at radius 1 is 1.29 bits per heavy atom. The van der Waals surface area contributed by atoms with Gasteiger partial charge in [-0.3, -0.25) is 4.79 Å². The van der Waals surface area contributed by atoms with Crippen LogP contribution in [0.25, 0.3) is 0 Å².